The number of aromatic nitrogens is 2. The van der Waals surface area contributed by atoms with Gasteiger partial charge in [0.15, 0.2) is 0 Å². The van der Waals surface area contributed by atoms with Crippen molar-refractivity contribution < 1.29 is 0 Å². The van der Waals surface area contributed by atoms with Crippen LogP contribution in [0.2, 0.25) is 0 Å². The van der Waals surface area contributed by atoms with Gasteiger partial charge in [0.1, 0.15) is 0 Å². The number of nitrogens with one attached hydrogen (secondary N) is 1. The number of nitrogens with zero attached hydrogens (tertiary/aromatic N) is 3. The van der Waals surface area contributed by atoms with Crippen molar-refractivity contribution in [3.8, 4) is 0 Å². The Bertz CT molecular complexity index is 438. The molecule has 0 atom stereocenters. The molecule has 1 heterocycles. The largest absolute Gasteiger partial charge is 0.338 e. The maximum Gasteiger partial charge on any atom is 0.225 e. The molecule has 1 aromatic rings. The molecule has 0 aliphatic heterocycles. The minimum Gasteiger partial charge on any atom is -0.338 e. The van der Waals surface area contributed by atoms with E-state index in [0.29, 0.717) is 12.1 Å². The molecule has 0 saturated heterocycles. The van der Waals surface area contributed by atoms with Crippen molar-refractivity contribution in [2.45, 2.75) is 66.1 Å². The van der Waals surface area contributed by atoms with Crippen LogP contribution in [0.15, 0.2) is 6.20 Å². The second-order valence-electron chi connectivity index (χ2n) is 6.51. The maximum atomic E-state index is 4.73. The lowest BCUT2D eigenvalue weighted by Crippen LogP contribution is -2.34. The maximum absolute atomic E-state index is 4.73. The van der Waals surface area contributed by atoms with Crippen LogP contribution in [0, 0.1) is 12.8 Å². The van der Waals surface area contributed by atoms with Gasteiger partial charge in [-0.3, -0.25) is 0 Å². The fourth-order valence-electron chi connectivity index (χ4n) is 2.21. The number of rotatable bonds is 7. The molecular weight excluding hydrogens is 248 g/mol. The molecule has 1 aliphatic rings. The zero-order valence-electron chi connectivity index (χ0n) is 13.5. The Balaban J connectivity index is 2.09. The predicted molar refractivity (Wildman–Crippen MR) is 84.0 cm³/mol. The zero-order valence-corrected chi connectivity index (χ0v) is 13.5. The lowest BCUT2D eigenvalue weighted by Gasteiger charge is -2.27. The molecule has 0 amide bonds. The Hall–Kier alpha value is -1.16. The summed E-state index contributed by atoms with van der Waals surface area (Å²) in [4.78, 5) is 11.7. The lowest BCUT2D eigenvalue weighted by molar-refractivity contribution is 0.582. The van der Waals surface area contributed by atoms with Gasteiger partial charge in [0.05, 0.1) is 0 Å². The van der Waals surface area contributed by atoms with Crippen LogP contribution in [0.25, 0.3) is 0 Å². The molecule has 0 spiro atoms. The third kappa shape index (κ3) is 4.17. The second kappa shape index (κ2) is 6.53. The van der Waals surface area contributed by atoms with Crippen LogP contribution in [-0.4, -0.2) is 28.6 Å². The summed E-state index contributed by atoms with van der Waals surface area (Å²) in [5.74, 6) is 1.74. The molecule has 0 radical (unpaired) electrons. The first kappa shape index (κ1) is 15.2. The van der Waals surface area contributed by atoms with E-state index in [-0.39, 0.29) is 0 Å². The monoisotopic (exact) mass is 276 g/mol. The summed E-state index contributed by atoms with van der Waals surface area (Å²) in [6.45, 7) is 12.8. The van der Waals surface area contributed by atoms with E-state index < -0.39 is 0 Å². The van der Waals surface area contributed by atoms with Crippen molar-refractivity contribution in [1.82, 2.24) is 15.3 Å². The molecule has 1 aliphatic carbocycles. The molecule has 0 aromatic carbocycles. The lowest BCUT2D eigenvalue weighted by atomic mass is 10.2. The molecule has 4 nitrogen and oxygen atoms in total. The molecular formula is C16H28N4. The van der Waals surface area contributed by atoms with Crippen LogP contribution >= 0.6 is 0 Å². The summed E-state index contributed by atoms with van der Waals surface area (Å²) in [6.07, 6.45) is 4.70. The average Bonchev–Trinajstić information content (AvgIpc) is 3.17. The molecule has 20 heavy (non-hydrogen) atoms. The van der Waals surface area contributed by atoms with E-state index in [1.165, 1.54) is 18.4 Å². The molecule has 4 heteroatoms. The van der Waals surface area contributed by atoms with Gasteiger partial charge in [0.2, 0.25) is 5.95 Å². The summed E-state index contributed by atoms with van der Waals surface area (Å²) in [5, 5.41) is 3.42. The van der Waals surface area contributed by atoms with Gasteiger partial charge in [-0.25, -0.2) is 9.97 Å². The van der Waals surface area contributed by atoms with Gasteiger partial charge in [-0.05, 0) is 39.5 Å². The Labute approximate surface area is 123 Å². The Morgan fingerprint density at radius 3 is 2.50 bits per heavy atom. The molecule has 2 rings (SSSR count). The summed E-state index contributed by atoms with van der Waals surface area (Å²) < 4.78 is 0. The second-order valence-corrected chi connectivity index (χ2v) is 6.51. The van der Waals surface area contributed by atoms with E-state index >= 15 is 0 Å². The summed E-state index contributed by atoms with van der Waals surface area (Å²) in [6, 6.07) is 0.936. The smallest absolute Gasteiger partial charge is 0.225 e. The van der Waals surface area contributed by atoms with Gasteiger partial charge >= 0.3 is 0 Å². The van der Waals surface area contributed by atoms with Crippen LogP contribution in [0.3, 0.4) is 0 Å². The van der Waals surface area contributed by atoms with Crippen molar-refractivity contribution in [2.24, 2.45) is 5.92 Å². The number of aryl methyl sites for hydroxylation is 1. The van der Waals surface area contributed by atoms with Gasteiger partial charge in [-0.15, -0.1) is 0 Å². The zero-order chi connectivity index (χ0) is 14.7. The van der Waals surface area contributed by atoms with Crippen LogP contribution < -0.4 is 10.2 Å². The first-order chi connectivity index (χ1) is 9.47. The molecule has 0 bridgehead atoms. The number of anilines is 1. The molecule has 0 unspecified atom stereocenters. The fraction of sp³-hybridized carbons (Fsp3) is 0.750. The summed E-state index contributed by atoms with van der Waals surface area (Å²) in [7, 11) is 0. The van der Waals surface area contributed by atoms with Crippen molar-refractivity contribution >= 4 is 5.95 Å². The number of hydrogen-bond acceptors (Lipinski definition) is 4. The molecule has 1 N–H and O–H groups in total. The van der Waals surface area contributed by atoms with E-state index in [1.54, 1.807) is 0 Å². The van der Waals surface area contributed by atoms with E-state index in [2.05, 4.69) is 49.8 Å². The van der Waals surface area contributed by atoms with Crippen molar-refractivity contribution in [1.29, 1.82) is 0 Å². The van der Waals surface area contributed by atoms with Gasteiger partial charge in [0, 0.05) is 42.6 Å². The Kier molecular flexibility index (Phi) is 4.97. The minimum absolute atomic E-state index is 0.453. The van der Waals surface area contributed by atoms with Gasteiger partial charge in [-0.2, -0.15) is 0 Å². The third-order valence-corrected chi connectivity index (χ3v) is 3.80. The van der Waals surface area contributed by atoms with Crippen LogP contribution in [0.4, 0.5) is 5.95 Å². The van der Waals surface area contributed by atoms with Crippen molar-refractivity contribution in [3.05, 3.63) is 17.5 Å². The van der Waals surface area contributed by atoms with E-state index in [4.69, 9.17) is 4.98 Å². The quantitative estimate of drug-likeness (QED) is 0.831. The standard InChI is InChI=1S/C16H28N4/c1-11(2)17-8-15-9-18-16(19-13(15)5)20(12(3)4)10-14-6-7-14/h9,11-12,14,17H,6-8,10H2,1-5H3. The highest BCUT2D eigenvalue weighted by Crippen LogP contribution is 2.31. The topological polar surface area (TPSA) is 41.1 Å². The fourth-order valence-corrected chi connectivity index (χ4v) is 2.21. The van der Waals surface area contributed by atoms with E-state index in [1.807, 2.05) is 6.20 Å². The minimum atomic E-state index is 0.453. The van der Waals surface area contributed by atoms with Crippen LogP contribution in [-0.2, 0) is 6.54 Å². The van der Waals surface area contributed by atoms with Gasteiger partial charge < -0.3 is 10.2 Å². The van der Waals surface area contributed by atoms with Gasteiger partial charge in [-0.1, -0.05) is 13.8 Å². The van der Waals surface area contributed by atoms with Crippen LogP contribution in [0.5, 0.6) is 0 Å². The Morgan fingerprint density at radius 1 is 1.30 bits per heavy atom. The molecule has 1 fully saturated rings. The summed E-state index contributed by atoms with van der Waals surface area (Å²) in [5.41, 5.74) is 2.28. The van der Waals surface area contributed by atoms with Gasteiger partial charge in [0.25, 0.3) is 0 Å². The Morgan fingerprint density at radius 2 is 2.00 bits per heavy atom. The van der Waals surface area contributed by atoms with Crippen molar-refractivity contribution in [2.75, 3.05) is 11.4 Å². The average molecular weight is 276 g/mol. The summed E-state index contributed by atoms with van der Waals surface area (Å²) >= 11 is 0. The number of hydrogen-bond donors (Lipinski definition) is 1. The van der Waals surface area contributed by atoms with E-state index in [0.717, 1.165) is 30.6 Å². The highest BCUT2D eigenvalue weighted by Gasteiger charge is 2.27. The third-order valence-electron chi connectivity index (χ3n) is 3.80. The highest BCUT2D eigenvalue weighted by molar-refractivity contribution is 5.34. The SMILES string of the molecule is Cc1nc(N(CC2CC2)C(C)C)ncc1CNC(C)C. The first-order valence-corrected chi connectivity index (χ1v) is 7.80. The first-order valence-electron chi connectivity index (χ1n) is 7.80. The molecule has 1 aromatic heterocycles. The normalized spacial score (nSPS) is 15.2. The molecule has 1 saturated carbocycles. The van der Waals surface area contributed by atoms with Crippen LogP contribution in [0.1, 0.15) is 51.8 Å². The van der Waals surface area contributed by atoms with Crippen molar-refractivity contribution in [3.63, 3.8) is 0 Å². The van der Waals surface area contributed by atoms with E-state index in [9.17, 15) is 0 Å². The molecule has 112 valence electrons. The predicted octanol–water partition coefficient (Wildman–Crippen LogP) is 2.91. The highest BCUT2D eigenvalue weighted by atomic mass is 15.3.